The van der Waals surface area contributed by atoms with E-state index in [9.17, 15) is 4.79 Å². The van der Waals surface area contributed by atoms with Crippen LogP contribution in [0.2, 0.25) is 0 Å². The fourth-order valence-corrected chi connectivity index (χ4v) is 2.48. The van der Waals surface area contributed by atoms with Crippen LogP contribution in [0.1, 0.15) is 47.2 Å². The molecule has 1 aliphatic carbocycles. The molecule has 0 amide bonds. The van der Waals surface area contributed by atoms with Crippen molar-refractivity contribution in [1.29, 1.82) is 0 Å². The van der Waals surface area contributed by atoms with Gasteiger partial charge in [-0.15, -0.1) is 0 Å². The van der Waals surface area contributed by atoms with Gasteiger partial charge in [0.1, 0.15) is 0 Å². The summed E-state index contributed by atoms with van der Waals surface area (Å²) in [5, 5.41) is 0. The lowest BCUT2D eigenvalue weighted by atomic mass is 9.86. The van der Waals surface area contributed by atoms with Crippen molar-refractivity contribution in [3.8, 4) is 0 Å². The van der Waals surface area contributed by atoms with Crippen LogP contribution in [0, 0.1) is 13.8 Å². The number of benzene rings is 1. The third-order valence-corrected chi connectivity index (χ3v) is 3.59. The normalized spacial score (nSPS) is 18.7. The Kier molecular flexibility index (Phi) is 2.85. The Bertz CT molecular complexity index is 417. The van der Waals surface area contributed by atoms with E-state index in [0.717, 1.165) is 42.4 Å². The first-order valence-corrected chi connectivity index (χ1v) is 5.94. The molecule has 2 N–H and O–H groups in total. The first kappa shape index (κ1) is 11.3. The van der Waals surface area contributed by atoms with Crippen LogP contribution in [0.3, 0.4) is 0 Å². The van der Waals surface area contributed by atoms with Gasteiger partial charge in [0.2, 0.25) is 0 Å². The lowest BCUT2D eigenvalue weighted by Crippen LogP contribution is -2.45. The summed E-state index contributed by atoms with van der Waals surface area (Å²) in [7, 11) is 0. The van der Waals surface area contributed by atoms with Crippen LogP contribution in [-0.4, -0.2) is 11.3 Å². The Morgan fingerprint density at radius 1 is 1.25 bits per heavy atom. The summed E-state index contributed by atoms with van der Waals surface area (Å²) in [4.78, 5) is 12.4. The third kappa shape index (κ3) is 1.90. The number of aryl methyl sites for hydroxylation is 2. The average molecular weight is 217 g/mol. The number of carbonyl (C=O) groups is 1. The van der Waals surface area contributed by atoms with Crippen molar-refractivity contribution >= 4 is 5.78 Å². The highest BCUT2D eigenvalue weighted by Crippen LogP contribution is 2.31. The van der Waals surface area contributed by atoms with Crippen LogP contribution in [0.15, 0.2) is 18.2 Å². The second-order valence-corrected chi connectivity index (χ2v) is 5.01. The van der Waals surface area contributed by atoms with Gasteiger partial charge in [-0.1, -0.05) is 30.5 Å². The van der Waals surface area contributed by atoms with Crippen molar-refractivity contribution < 1.29 is 4.79 Å². The number of ketones is 1. The van der Waals surface area contributed by atoms with E-state index in [1.54, 1.807) is 0 Å². The van der Waals surface area contributed by atoms with Gasteiger partial charge in [0.15, 0.2) is 5.78 Å². The summed E-state index contributed by atoms with van der Waals surface area (Å²) in [6, 6.07) is 6.00. The number of rotatable bonds is 2. The van der Waals surface area contributed by atoms with Gasteiger partial charge in [-0.3, -0.25) is 4.79 Å². The van der Waals surface area contributed by atoms with Gasteiger partial charge in [0.05, 0.1) is 5.54 Å². The first-order valence-electron chi connectivity index (χ1n) is 5.94. The predicted molar refractivity (Wildman–Crippen MR) is 65.6 cm³/mol. The van der Waals surface area contributed by atoms with Gasteiger partial charge in [0, 0.05) is 5.56 Å². The summed E-state index contributed by atoms with van der Waals surface area (Å²) in [6.45, 7) is 3.99. The number of carbonyl (C=O) groups excluding carboxylic acids is 1. The molecule has 86 valence electrons. The molecule has 1 fully saturated rings. The Morgan fingerprint density at radius 2 is 1.88 bits per heavy atom. The predicted octanol–water partition coefficient (Wildman–Crippen LogP) is 2.76. The van der Waals surface area contributed by atoms with E-state index >= 15 is 0 Å². The Hall–Kier alpha value is -1.15. The lowest BCUT2D eigenvalue weighted by Gasteiger charge is -2.22. The van der Waals surface area contributed by atoms with Crippen molar-refractivity contribution in [2.45, 2.75) is 45.1 Å². The molecule has 0 aromatic heterocycles. The van der Waals surface area contributed by atoms with E-state index < -0.39 is 5.54 Å². The van der Waals surface area contributed by atoms with Crippen molar-refractivity contribution in [3.05, 3.63) is 34.9 Å². The van der Waals surface area contributed by atoms with Gasteiger partial charge in [-0.2, -0.15) is 0 Å². The minimum absolute atomic E-state index is 0.131. The molecule has 0 aliphatic heterocycles. The van der Waals surface area contributed by atoms with Crippen LogP contribution in [0.4, 0.5) is 0 Å². The molecule has 0 spiro atoms. The van der Waals surface area contributed by atoms with Gasteiger partial charge in [-0.25, -0.2) is 0 Å². The maximum Gasteiger partial charge on any atom is 0.182 e. The Balaban J connectivity index is 2.36. The molecule has 0 unspecified atom stereocenters. The molecule has 1 aromatic rings. The summed E-state index contributed by atoms with van der Waals surface area (Å²) in [6.07, 6.45) is 3.82. The van der Waals surface area contributed by atoms with E-state index in [1.165, 1.54) is 0 Å². The third-order valence-electron chi connectivity index (χ3n) is 3.59. The maximum absolute atomic E-state index is 12.4. The Labute approximate surface area is 96.8 Å². The number of hydrogen-bond donors (Lipinski definition) is 1. The van der Waals surface area contributed by atoms with Crippen LogP contribution < -0.4 is 5.73 Å². The number of hydrogen-bond acceptors (Lipinski definition) is 2. The second kappa shape index (κ2) is 4.02. The minimum atomic E-state index is -0.599. The maximum atomic E-state index is 12.4. The molecule has 16 heavy (non-hydrogen) atoms. The monoisotopic (exact) mass is 217 g/mol. The number of Topliss-reactive ketones (excluding diaryl/α,β-unsaturated/α-hetero) is 1. The van der Waals surface area contributed by atoms with E-state index in [0.29, 0.717) is 0 Å². The zero-order valence-corrected chi connectivity index (χ0v) is 10.0. The molecular formula is C14H19NO. The van der Waals surface area contributed by atoms with Crippen molar-refractivity contribution in [1.82, 2.24) is 0 Å². The quantitative estimate of drug-likeness (QED) is 0.774. The smallest absolute Gasteiger partial charge is 0.182 e. The number of nitrogens with two attached hydrogens (primary N) is 1. The van der Waals surface area contributed by atoms with E-state index in [4.69, 9.17) is 5.73 Å². The van der Waals surface area contributed by atoms with Gasteiger partial charge in [-0.05, 0) is 38.3 Å². The SMILES string of the molecule is Cc1ccc(C)c(C(=O)C2(N)CCCC2)c1. The highest BCUT2D eigenvalue weighted by Gasteiger charge is 2.37. The fraction of sp³-hybridized carbons (Fsp3) is 0.500. The molecular weight excluding hydrogens is 198 g/mol. The molecule has 0 saturated heterocycles. The average Bonchev–Trinajstić information content (AvgIpc) is 2.69. The molecule has 0 atom stereocenters. The van der Waals surface area contributed by atoms with E-state index in [2.05, 4.69) is 0 Å². The minimum Gasteiger partial charge on any atom is -0.319 e. The summed E-state index contributed by atoms with van der Waals surface area (Å²) in [5.74, 6) is 0.131. The fourth-order valence-electron chi connectivity index (χ4n) is 2.48. The summed E-state index contributed by atoms with van der Waals surface area (Å²) in [5.41, 5.74) is 8.57. The topological polar surface area (TPSA) is 43.1 Å². The zero-order valence-electron chi connectivity index (χ0n) is 10.0. The van der Waals surface area contributed by atoms with E-state index in [-0.39, 0.29) is 5.78 Å². The molecule has 2 nitrogen and oxygen atoms in total. The molecule has 0 radical (unpaired) electrons. The van der Waals surface area contributed by atoms with Gasteiger partial charge < -0.3 is 5.73 Å². The first-order chi connectivity index (χ1) is 7.53. The molecule has 2 heteroatoms. The van der Waals surface area contributed by atoms with Crippen LogP contribution >= 0.6 is 0 Å². The highest BCUT2D eigenvalue weighted by atomic mass is 16.1. The molecule has 0 bridgehead atoms. The molecule has 0 heterocycles. The summed E-state index contributed by atoms with van der Waals surface area (Å²) >= 11 is 0. The van der Waals surface area contributed by atoms with E-state index in [1.807, 2.05) is 32.0 Å². The van der Waals surface area contributed by atoms with Crippen LogP contribution in [-0.2, 0) is 0 Å². The second-order valence-electron chi connectivity index (χ2n) is 5.01. The lowest BCUT2D eigenvalue weighted by molar-refractivity contribution is 0.0891. The summed E-state index contributed by atoms with van der Waals surface area (Å²) < 4.78 is 0. The largest absolute Gasteiger partial charge is 0.319 e. The Morgan fingerprint density at radius 3 is 2.50 bits per heavy atom. The van der Waals surface area contributed by atoms with Crippen LogP contribution in [0.25, 0.3) is 0 Å². The van der Waals surface area contributed by atoms with Crippen molar-refractivity contribution in [2.24, 2.45) is 5.73 Å². The van der Waals surface area contributed by atoms with Crippen LogP contribution in [0.5, 0.6) is 0 Å². The molecule has 1 aliphatic rings. The molecule has 1 aromatic carbocycles. The van der Waals surface area contributed by atoms with Crippen molar-refractivity contribution in [3.63, 3.8) is 0 Å². The zero-order chi connectivity index (χ0) is 11.8. The van der Waals surface area contributed by atoms with Gasteiger partial charge in [0.25, 0.3) is 0 Å². The molecule has 1 saturated carbocycles. The highest BCUT2D eigenvalue weighted by molar-refractivity contribution is 6.04. The molecule has 2 rings (SSSR count). The van der Waals surface area contributed by atoms with Gasteiger partial charge >= 0.3 is 0 Å². The standard InChI is InChI=1S/C14H19NO/c1-10-5-6-11(2)12(9-10)13(16)14(15)7-3-4-8-14/h5-6,9H,3-4,7-8,15H2,1-2H3. The van der Waals surface area contributed by atoms with Crippen molar-refractivity contribution in [2.75, 3.05) is 0 Å².